The minimum Gasteiger partial charge on any atom is -0.497 e. The zero-order chi connectivity index (χ0) is 11.3. The molecule has 0 fully saturated rings. The first kappa shape index (κ1) is 11.5. The van der Waals surface area contributed by atoms with Gasteiger partial charge in [-0.05, 0) is 17.7 Å². The molecule has 1 rings (SSSR count). The largest absolute Gasteiger partial charge is 0.497 e. The summed E-state index contributed by atoms with van der Waals surface area (Å²) in [5.74, 6) is 0.721. The molecule has 1 aromatic rings. The van der Waals surface area contributed by atoms with Gasteiger partial charge in [-0.1, -0.05) is 12.1 Å². The van der Waals surface area contributed by atoms with E-state index in [0.29, 0.717) is 6.54 Å². The molecule has 0 aromatic heterocycles. The molecule has 82 valence electrons. The highest BCUT2D eigenvalue weighted by Crippen LogP contribution is 2.13. The van der Waals surface area contributed by atoms with Crippen LogP contribution in [0.2, 0.25) is 0 Å². The van der Waals surface area contributed by atoms with E-state index in [1.807, 2.05) is 24.3 Å². The quantitative estimate of drug-likeness (QED) is 0.788. The predicted octanol–water partition coefficient (Wildman–Crippen LogP) is 0.612. The van der Waals surface area contributed by atoms with E-state index in [9.17, 15) is 4.79 Å². The van der Waals surface area contributed by atoms with Crippen molar-refractivity contribution in [1.82, 2.24) is 4.90 Å². The van der Waals surface area contributed by atoms with E-state index in [2.05, 4.69) is 0 Å². The minimum absolute atomic E-state index is 0.0421. The lowest BCUT2D eigenvalue weighted by Crippen LogP contribution is -2.32. The fourth-order valence-corrected chi connectivity index (χ4v) is 1.29. The van der Waals surface area contributed by atoms with Gasteiger partial charge < -0.3 is 15.4 Å². The Hall–Kier alpha value is -1.55. The number of methoxy groups -OCH3 is 1. The Kier molecular flexibility index (Phi) is 4.12. The average molecular weight is 208 g/mol. The lowest BCUT2D eigenvalue weighted by molar-refractivity contribution is -0.128. The van der Waals surface area contributed by atoms with Crippen molar-refractivity contribution in [1.29, 1.82) is 0 Å². The van der Waals surface area contributed by atoms with Gasteiger partial charge in [-0.25, -0.2) is 0 Å². The van der Waals surface area contributed by atoms with Crippen molar-refractivity contribution in [2.24, 2.45) is 5.73 Å². The van der Waals surface area contributed by atoms with Gasteiger partial charge in [0.1, 0.15) is 5.75 Å². The van der Waals surface area contributed by atoms with Gasteiger partial charge in [0.15, 0.2) is 0 Å². The Balaban J connectivity index is 2.67. The van der Waals surface area contributed by atoms with Crippen molar-refractivity contribution >= 4 is 5.91 Å². The zero-order valence-electron chi connectivity index (χ0n) is 9.06. The second kappa shape index (κ2) is 5.36. The Bertz CT molecular complexity index is 339. The Labute approximate surface area is 89.6 Å². The third-order valence-corrected chi connectivity index (χ3v) is 2.15. The zero-order valence-corrected chi connectivity index (χ0v) is 9.06. The molecule has 0 spiro atoms. The second-order valence-electron chi connectivity index (χ2n) is 3.31. The first-order valence-corrected chi connectivity index (χ1v) is 4.74. The molecule has 0 bridgehead atoms. The summed E-state index contributed by atoms with van der Waals surface area (Å²) < 4.78 is 5.10. The minimum atomic E-state index is -0.0715. The fourth-order valence-electron chi connectivity index (χ4n) is 1.29. The van der Waals surface area contributed by atoms with E-state index in [1.54, 1.807) is 19.1 Å². The number of rotatable bonds is 4. The number of hydrogen-bond acceptors (Lipinski definition) is 3. The van der Waals surface area contributed by atoms with Crippen molar-refractivity contribution in [2.75, 3.05) is 20.7 Å². The summed E-state index contributed by atoms with van der Waals surface area (Å²) in [7, 11) is 3.35. The molecule has 0 saturated heterocycles. The highest BCUT2D eigenvalue weighted by Gasteiger charge is 2.06. The smallest absolute Gasteiger partial charge is 0.236 e. The number of nitrogens with zero attached hydrogens (tertiary/aromatic N) is 1. The maximum Gasteiger partial charge on any atom is 0.236 e. The predicted molar refractivity (Wildman–Crippen MR) is 58.5 cm³/mol. The summed E-state index contributed by atoms with van der Waals surface area (Å²) in [6, 6.07) is 7.62. The van der Waals surface area contributed by atoms with Gasteiger partial charge in [-0.3, -0.25) is 4.79 Å². The number of carbonyl (C=O) groups is 1. The van der Waals surface area contributed by atoms with E-state index in [0.717, 1.165) is 11.3 Å². The second-order valence-corrected chi connectivity index (χ2v) is 3.31. The van der Waals surface area contributed by atoms with E-state index >= 15 is 0 Å². The summed E-state index contributed by atoms with van der Waals surface area (Å²) in [4.78, 5) is 12.8. The van der Waals surface area contributed by atoms with Crippen molar-refractivity contribution in [3.05, 3.63) is 29.8 Å². The van der Waals surface area contributed by atoms with Gasteiger partial charge in [0.2, 0.25) is 5.91 Å². The number of benzene rings is 1. The molecule has 0 saturated carbocycles. The molecule has 0 unspecified atom stereocenters. The van der Waals surface area contributed by atoms with Crippen LogP contribution in [-0.4, -0.2) is 31.5 Å². The maximum absolute atomic E-state index is 11.2. The molecule has 0 aliphatic carbocycles. The lowest BCUT2D eigenvalue weighted by atomic mass is 10.2. The van der Waals surface area contributed by atoms with E-state index in [1.165, 1.54) is 0 Å². The van der Waals surface area contributed by atoms with Crippen molar-refractivity contribution in [3.63, 3.8) is 0 Å². The molecule has 0 aliphatic heterocycles. The molecular formula is C11H16N2O2. The Morgan fingerprint density at radius 3 is 2.87 bits per heavy atom. The van der Waals surface area contributed by atoms with Crippen LogP contribution in [0.15, 0.2) is 24.3 Å². The SMILES string of the molecule is COc1cccc(CN(C)C(=O)CN)c1. The van der Waals surface area contributed by atoms with E-state index in [-0.39, 0.29) is 12.5 Å². The highest BCUT2D eigenvalue weighted by molar-refractivity contribution is 5.77. The molecule has 0 atom stereocenters. The molecular weight excluding hydrogens is 192 g/mol. The number of carbonyl (C=O) groups excluding carboxylic acids is 1. The van der Waals surface area contributed by atoms with Crippen LogP contribution in [0, 0.1) is 0 Å². The summed E-state index contributed by atoms with van der Waals surface area (Å²) >= 11 is 0. The van der Waals surface area contributed by atoms with Gasteiger partial charge in [-0.15, -0.1) is 0 Å². The van der Waals surface area contributed by atoms with Crippen LogP contribution in [0.1, 0.15) is 5.56 Å². The molecule has 0 radical (unpaired) electrons. The first-order valence-electron chi connectivity index (χ1n) is 4.74. The molecule has 2 N–H and O–H groups in total. The van der Waals surface area contributed by atoms with Gasteiger partial charge in [-0.2, -0.15) is 0 Å². The molecule has 0 aliphatic rings. The molecule has 4 heteroatoms. The normalized spacial score (nSPS) is 9.80. The van der Waals surface area contributed by atoms with Crippen LogP contribution in [0.25, 0.3) is 0 Å². The van der Waals surface area contributed by atoms with Gasteiger partial charge >= 0.3 is 0 Å². The van der Waals surface area contributed by atoms with Crippen LogP contribution < -0.4 is 10.5 Å². The van der Waals surface area contributed by atoms with Crippen LogP contribution in [-0.2, 0) is 11.3 Å². The van der Waals surface area contributed by atoms with Crippen LogP contribution in [0.4, 0.5) is 0 Å². The number of ether oxygens (including phenoxy) is 1. The first-order chi connectivity index (χ1) is 7.17. The molecule has 1 aromatic carbocycles. The fraction of sp³-hybridized carbons (Fsp3) is 0.364. The van der Waals surface area contributed by atoms with Gasteiger partial charge in [0, 0.05) is 13.6 Å². The Morgan fingerprint density at radius 2 is 2.27 bits per heavy atom. The van der Waals surface area contributed by atoms with Crippen LogP contribution >= 0.6 is 0 Å². The number of likely N-dealkylation sites (N-methyl/N-ethyl adjacent to an activating group) is 1. The molecule has 4 nitrogen and oxygen atoms in total. The third kappa shape index (κ3) is 3.25. The average Bonchev–Trinajstić information content (AvgIpc) is 2.28. The number of nitrogens with two attached hydrogens (primary N) is 1. The molecule has 15 heavy (non-hydrogen) atoms. The van der Waals surface area contributed by atoms with E-state index < -0.39 is 0 Å². The van der Waals surface area contributed by atoms with Crippen molar-refractivity contribution < 1.29 is 9.53 Å². The Morgan fingerprint density at radius 1 is 1.53 bits per heavy atom. The van der Waals surface area contributed by atoms with Crippen molar-refractivity contribution in [3.8, 4) is 5.75 Å². The van der Waals surface area contributed by atoms with Crippen LogP contribution in [0.3, 0.4) is 0 Å². The summed E-state index contributed by atoms with van der Waals surface area (Å²) in [6.07, 6.45) is 0. The van der Waals surface area contributed by atoms with Gasteiger partial charge in [0.05, 0.1) is 13.7 Å². The summed E-state index contributed by atoms with van der Waals surface area (Å²) in [5, 5.41) is 0. The van der Waals surface area contributed by atoms with Crippen LogP contribution in [0.5, 0.6) is 5.75 Å². The van der Waals surface area contributed by atoms with E-state index in [4.69, 9.17) is 10.5 Å². The molecule has 1 amide bonds. The maximum atomic E-state index is 11.2. The van der Waals surface area contributed by atoms with Crippen molar-refractivity contribution in [2.45, 2.75) is 6.54 Å². The summed E-state index contributed by atoms with van der Waals surface area (Å²) in [6.45, 7) is 0.591. The summed E-state index contributed by atoms with van der Waals surface area (Å²) in [5.41, 5.74) is 6.29. The standard InChI is InChI=1S/C11H16N2O2/c1-13(11(14)7-12)8-9-4-3-5-10(6-9)15-2/h3-6H,7-8,12H2,1-2H3. The topological polar surface area (TPSA) is 55.6 Å². The number of amides is 1. The monoisotopic (exact) mass is 208 g/mol. The van der Waals surface area contributed by atoms with Gasteiger partial charge in [0.25, 0.3) is 0 Å². The lowest BCUT2D eigenvalue weighted by Gasteiger charge is -2.16. The molecule has 0 heterocycles. The third-order valence-electron chi connectivity index (χ3n) is 2.15. The highest BCUT2D eigenvalue weighted by atomic mass is 16.5. The number of hydrogen-bond donors (Lipinski definition) is 1.